The minimum Gasteiger partial charge on any atom is -0.375 e. The third-order valence-corrected chi connectivity index (χ3v) is 2.98. The highest BCUT2D eigenvalue weighted by molar-refractivity contribution is 5.31. The van der Waals surface area contributed by atoms with Crippen LogP contribution in [-0.4, -0.2) is 12.6 Å². The Morgan fingerprint density at radius 2 is 2.38 bits per heavy atom. The second kappa shape index (κ2) is 5.16. The topological polar surface area (TPSA) is 21.3 Å². The van der Waals surface area contributed by atoms with Gasteiger partial charge in [0.2, 0.25) is 0 Å². The fourth-order valence-corrected chi connectivity index (χ4v) is 2.05. The zero-order chi connectivity index (χ0) is 11.4. The van der Waals surface area contributed by atoms with Gasteiger partial charge in [0.1, 0.15) is 0 Å². The molecule has 0 fully saturated rings. The van der Waals surface area contributed by atoms with E-state index >= 15 is 0 Å². The van der Waals surface area contributed by atoms with Gasteiger partial charge < -0.3 is 4.74 Å². The van der Waals surface area contributed by atoms with Crippen LogP contribution in [0.15, 0.2) is 24.3 Å². The van der Waals surface area contributed by atoms with E-state index in [1.807, 2.05) is 6.07 Å². The van der Waals surface area contributed by atoms with Crippen LogP contribution in [0, 0.1) is 12.3 Å². The molecule has 0 saturated heterocycles. The van der Waals surface area contributed by atoms with E-state index in [4.69, 9.17) is 11.2 Å². The molecule has 1 aromatic carbocycles. The van der Waals surface area contributed by atoms with E-state index in [1.54, 1.807) is 0 Å². The first kappa shape index (κ1) is 11.2. The maximum absolute atomic E-state index is 5.57. The van der Waals surface area contributed by atoms with Gasteiger partial charge in [-0.15, -0.1) is 6.42 Å². The highest BCUT2D eigenvalue weighted by Crippen LogP contribution is 2.24. The maximum atomic E-state index is 5.57. The summed E-state index contributed by atoms with van der Waals surface area (Å²) in [6, 6.07) is 8.73. The van der Waals surface area contributed by atoms with Gasteiger partial charge in [-0.05, 0) is 17.5 Å². The predicted molar refractivity (Wildman–Crippen MR) is 64.9 cm³/mol. The van der Waals surface area contributed by atoms with Gasteiger partial charge >= 0.3 is 0 Å². The number of hydrogen-bond donors (Lipinski definition) is 1. The van der Waals surface area contributed by atoms with E-state index in [9.17, 15) is 0 Å². The quantitative estimate of drug-likeness (QED) is 0.781. The summed E-state index contributed by atoms with van der Waals surface area (Å²) in [5.74, 6) is 2.76. The highest BCUT2D eigenvalue weighted by atomic mass is 16.5. The number of nitrogens with one attached hydrogen (secondary N) is 1. The zero-order valence-corrected chi connectivity index (χ0v) is 9.57. The minimum atomic E-state index is 0.125. The SMILES string of the molecule is C#CC(CC)NC1COCc2ccccc21. The lowest BCUT2D eigenvalue weighted by Gasteiger charge is -2.28. The molecular formula is C14H17NO. The molecule has 16 heavy (non-hydrogen) atoms. The normalized spacial score (nSPS) is 20.9. The number of rotatable bonds is 3. The molecule has 2 atom stereocenters. The molecule has 1 aromatic rings. The number of terminal acetylenes is 1. The first-order valence-corrected chi connectivity index (χ1v) is 5.73. The van der Waals surface area contributed by atoms with Crippen molar-refractivity contribution in [2.45, 2.75) is 32.0 Å². The fraction of sp³-hybridized carbons (Fsp3) is 0.429. The first-order chi connectivity index (χ1) is 7.85. The van der Waals surface area contributed by atoms with E-state index in [0.29, 0.717) is 13.2 Å². The van der Waals surface area contributed by atoms with Crippen molar-refractivity contribution in [2.24, 2.45) is 0 Å². The summed E-state index contributed by atoms with van der Waals surface area (Å²) in [5, 5.41) is 3.45. The number of ether oxygens (including phenoxy) is 1. The van der Waals surface area contributed by atoms with Crippen LogP contribution in [0.1, 0.15) is 30.5 Å². The van der Waals surface area contributed by atoms with E-state index < -0.39 is 0 Å². The summed E-state index contributed by atoms with van der Waals surface area (Å²) in [6.45, 7) is 3.50. The number of fused-ring (bicyclic) bond motifs is 1. The molecular weight excluding hydrogens is 198 g/mol. The van der Waals surface area contributed by atoms with Crippen LogP contribution < -0.4 is 5.32 Å². The molecule has 2 unspecified atom stereocenters. The van der Waals surface area contributed by atoms with Gasteiger partial charge in [-0.3, -0.25) is 5.32 Å². The molecule has 1 aliphatic rings. The zero-order valence-electron chi connectivity index (χ0n) is 9.57. The first-order valence-electron chi connectivity index (χ1n) is 5.73. The molecule has 0 aliphatic carbocycles. The van der Waals surface area contributed by atoms with Crippen LogP contribution in [0.3, 0.4) is 0 Å². The number of hydrogen-bond acceptors (Lipinski definition) is 2. The van der Waals surface area contributed by atoms with Crippen LogP contribution in [0.5, 0.6) is 0 Å². The van der Waals surface area contributed by atoms with Crippen molar-refractivity contribution in [1.29, 1.82) is 0 Å². The summed E-state index contributed by atoms with van der Waals surface area (Å²) in [5.41, 5.74) is 2.58. The highest BCUT2D eigenvalue weighted by Gasteiger charge is 2.21. The molecule has 0 radical (unpaired) electrons. The molecule has 2 rings (SSSR count). The third kappa shape index (κ3) is 2.27. The Balaban J connectivity index is 2.16. The van der Waals surface area contributed by atoms with E-state index in [2.05, 4.69) is 36.4 Å². The fourth-order valence-electron chi connectivity index (χ4n) is 2.05. The molecule has 0 saturated carbocycles. The molecule has 2 nitrogen and oxygen atoms in total. The summed E-state index contributed by atoms with van der Waals surface area (Å²) in [7, 11) is 0. The van der Waals surface area contributed by atoms with Crippen molar-refractivity contribution in [1.82, 2.24) is 5.32 Å². The lowest BCUT2D eigenvalue weighted by Crippen LogP contribution is -2.36. The molecule has 0 bridgehead atoms. The second-order valence-corrected chi connectivity index (χ2v) is 4.06. The van der Waals surface area contributed by atoms with Crippen molar-refractivity contribution < 1.29 is 4.74 Å². The summed E-state index contributed by atoms with van der Waals surface area (Å²) < 4.78 is 5.57. The van der Waals surface area contributed by atoms with E-state index in [0.717, 1.165) is 6.42 Å². The average molecular weight is 215 g/mol. The Morgan fingerprint density at radius 1 is 1.56 bits per heavy atom. The predicted octanol–water partition coefficient (Wildman–Crippen LogP) is 2.26. The Kier molecular flexibility index (Phi) is 3.61. The molecule has 84 valence electrons. The third-order valence-electron chi connectivity index (χ3n) is 2.98. The second-order valence-electron chi connectivity index (χ2n) is 4.06. The van der Waals surface area contributed by atoms with Crippen LogP contribution in [0.2, 0.25) is 0 Å². The van der Waals surface area contributed by atoms with Crippen LogP contribution in [0.4, 0.5) is 0 Å². The van der Waals surface area contributed by atoms with Crippen molar-refractivity contribution >= 4 is 0 Å². The summed E-state index contributed by atoms with van der Waals surface area (Å²) in [6.07, 6.45) is 6.41. The Labute approximate surface area is 97.0 Å². The van der Waals surface area contributed by atoms with Gasteiger partial charge in [0, 0.05) is 0 Å². The molecule has 0 spiro atoms. The summed E-state index contributed by atoms with van der Waals surface area (Å²) >= 11 is 0. The summed E-state index contributed by atoms with van der Waals surface area (Å²) in [4.78, 5) is 0. The largest absolute Gasteiger partial charge is 0.375 e. The van der Waals surface area contributed by atoms with Crippen LogP contribution in [0.25, 0.3) is 0 Å². The molecule has 1 N–H and O–H groups in total. The standard InChI is InChI=1S/C14H17NO/c1-3-12(4-2)15-14-10-16-9-11-7-5-6-8-13(11)14/h1,5-8,12,14-15H,4,9-10H2,2H3. The van der Waals surface area contributed by atoms with Gasteiger partial charge in [-0.25, -0.2) is 0 Å². The molecule has 0 amide bonds. The van der Waals surface area contributed by atoms with Crippen LogP contribution in [-0.2, 0) is 11.3 Å². The lowest BCUT2D eigenvalue weighted by molar-refractivity contribution is 0.0803. The molecule has 2 heteroatoms. The van der Waals surface area contributed by atoms with Gasteiger partial charge in [0.15, 0.2) is 0 Å². The molecule has 1 aliphatic heterocycles. The van der Waals surface area contributed by atoms with Crippen molar-refractivity contribution in [3.63, 3.8) is 0 Å². The van der Waals surface area contributed by atoms with Crippen molar-refractivity contribution in [3.05, 3.63) is 35.4 Å². The van der Waals surface area contributed by atoms with Crippen LogP contribution >= 0.6 is 0 Å². The smallest absolute Gasteiger partial charge is 0.0721 e. The Bertz CT molecular complexity index is 394. The van der Waals surface area contributed by atoms with Gasteiger partial charge in [0.25, 0.3) is 0 Å². The van der Waals surface area contributed by atoms with E-state index in [1.165, 1.54) is 11.1 Å². The van der Waals surface area contributed by atoms with Crippen molar-refractivity contribution in [2.75, 3.05) is 6.61 Å². The number of benzene rings is 1. The Morgan fingerprint density at radius 3 is 3.12 bits per heavy atom. The monoisotopic (exact) mass is 215 g/mol. The minimum absolute atomic E-state index is 0.125. The molecule has 0 aromatic heterocycles. The van der Waals surface area contributed by atoms with Gasteiger partial charge in [-0.1, -0.05) is 37.1 Å². The lowest BCUT2D eigenvalue weighted by atomic mass is 9.98. The maximum Gasteiger partial charge on any atom is 0.0721 e. The van der Waals surface area contributed by atoms with E-state index in [-0.39, 0.29) is 12.1 Å². The van der Waals surface area contributed by atoms with Gasteiger partial charge in [0.05, 0.1) is 25.3 Å². The Hall–Kier alpha value is -1.30. The van der Waals surface area contributed by atoms with Crippen molar-refractivity contribution in [3.8, 4) is 12.3 Å². The van der Waals surface area contributed by atoms with Gasteiger partial charge in [-0.2, -0.15) is 0 Å². The molecule has 1 heterocycles. The average Bonchev–Trinajstić information content (AvgIpc) is 2.36.